The molecule has 7 nitrogen and oxygen atoms in total. The molecule has 2 aromatic heterocycles. The molecular formula is C17H18N6O. The lowest BCUT2D eigenvalue weighted by molar-refractivity contribution is 0.0948. The van der Waals surface area contributed by atoms with Gasteiger partial charge >= 0.3 is 0 Å². The molecule has 122 valence electrons. The highest BCUT2D eigenvalue weighted by molar-refractivity contribution is 5.98. The van der Waals surface area contributed by atoms with Gasteiger partial charge in [0.2, 0.25) is 0 Å². The Morgan fingerprint density at radius 1 is 1.42 bits per heavy atom. The molecule has 1 aromatic carbocycles. The maximum Gasteiger partial charge on any atom is 0.267 e. The second kappa shape index (κ2) is 6.54. The molecule has 3 rings (SSSR count). The number of hydrogen-bond acceptors (Lipinski definition) is 4. The van der Waals surface area contributed by atoms with E-state index >= 15 is 0 Å². The van der Waals surface area contributed by atoms with Crippen LogP contribution < -0.4 is 5.32 Å². The van der Waals surface area contributed by atoms with Crippen molar-refractivity contribution in [2.45, 2.75) is 26.3 Å². The van der Waals surface area contributed by atoms with Crippen molar-refractivity contribution < 1.29 is 4.79 Å². The van der Waals surface area contributed by atoms with Crippen LogP contribution in [-0.2, 0) is 6.54 Å². The lowest BCUT2D eigenvalue weighted by Gasteiger charge is -2.04. The Balaban J connectivity index is 1.64. The molecule has 0 atom stereocenters. The molecule has 0 bridgehead atoms. The molecule has 0 aliphatic rings. The Hall–Kier alpha value is -3.14. The van der Waals surface area contributed by atoms with Crippen LogP contribution in [0.2, 0.25) is 0 Å². The van der Waals surface area contributed by atoms with Crippen molar-refractivity contribution in [1.82, 2.24) is 25.1 Å². The summed E-state index contributed by atoms with van der Waals surface area (Å²) in [6.45, 7) is 5.14. The third-order valence-corrected chi connectivity index (χ3v) is 3.82. The summed E-state index contributed by atoms with van der Waals surface area (Å²) in [7, 11) is 0. The van der Waals surface area contributed by atoms with E-state index in [0.717, 1.165) is 10.9 Å². The van der Waals surface area contributed by atoms with Crippen molar-refractivity contribution >= 4 is 16.8 Å². The molecule has 7 heteroatoms. The summed E-state index contributed by atoms with van der Waals surface area (Å²) >= 11 is 0. The van der Waals surface area contributed by atoms with E-state index in [1.807, 2.05) is 18.2 Å². The Morgan fingerprint density at radius 3 is 2.96 bits per heavy atom. The van der Waals surface area contributed by atoms with E-state index < -0.39 is 0 Å². The van der Waals surface area contributed by atoms with Crippen LogP contribution in [0, 0.1) is 11.3 Å². The fraction of sp³-hybridized carbons (Fsp3) is 0.294. The second-order valence-electron chi connectivity index (χ2n) is 5.88. The standard InChI is InChI=1S/C17H18N6O/c1-11(2)12-3-4-13-8-15(21-14(13)7-12)17(24)19-5-6-23-10-20-16(9-18)22-23/h3-4,7-8,10-11,21H,5-6H2,1-2H3,(H,19,24). The number of aromatic nitrogens is 4. The van der Waals surface area contributed by atoms with E-state index in [1.54, 1.807) is 0 Å². The number of benzene rings is 1. The number of nitrogens with zero attached hydrogens (tertiary/aromatic N) is 4. The molecule has 0 fully saturated rings. The smallest absolute Gasteiger partial charge is 0.267 e. The largest absolute Gasteiger partial charge is 0.351 e. The van der Waals surface area contributed by atoms with Crippen LogP contribution in [0.3, 0.4) is 0 Å². The van der Waals surface area contributed by atoms with Gasteiger partial charge in [0.1, 0.15) is 18.1 Å². The summed E-state index contributed by atoms with van der Waals surface area (Å²) < 4.78 is 1.53. The summed E-state index contributed by atoms with van der Waals surface area (Å²) in [5.74, 6) is 0.395. The van der Waals surface area contributed by atoms with Crippen molar-refractivity contribution in [2.24, 2.45) is 0 Å². The molecule has 0 radical (unpaired) electrons. The number of nitriles is 1. The predicted octanol–water partition coefficient (Wildman–Crippen LogP) is 2.18. The summed E-state index contributed by atoms with van der Waals surface area (Å²) in [6.07, 6.45) is 1.47. The zero-order chi connectivity index (χ0) is 17.1. The highest BCUT2D eigenvalue weighted by atomic mass is 16.1. The van der Waals surface area contributed by atoms with Gasteiger partial charge in [-0.25, -0.2) is 9.67 Å². The van der Waals surface area contributed by atoms with Gasteiger partial charge in [0.15, 0.2) is 0 Å². The van der Waals surface area contributed by atoms with Crippen LogP contribution in [0.15, 0.2) is 30.6 Å². The van der Waals surface area contributed by atoms with Gasteiger partial charge in [0.05, 0.1) is 6.54 Å². The first-order valence-electron chi connectivity index (χ1n) is 7.77. The van der Waals surface area contributed by atoms with Crippen molar-refractivity contribution in [1.29, 1.82) is 5.26 Å². The van der Waals surface area contributed by atoms with Gasteiger partial charge in [-0.05, 0) is 23.6 Å². The number of H-pyrrole nitrogens is 1. The zero-order valence-corrected chi connectivity index (χ0v) is 13.6. The van der Waals surface area contributed by atoms with Gasteiger partial charge in [0, 0.05) is 17.4 Å². The van der Waals surface area contributed by atoms with Crippen LogP contribution in [0.25, 0.3) is 10.9 Å². The molecule has 3 aromatic rings. The minimum absolute atomic E-state index is 0.123. The monoisotopic (exact) mass is 322 g/mol. The number of amides is 1. The van der Waals surface area contributed by atoms with E-state index in [-0.39, 0.29) is 11.7 Å². The van der Waals surface area contributed by atoms with Crippen LogP contribution in [0.5, 0.6) is 0 Å². The van der Waals surface area contributed by atoms with Crippen molar-refractivity contribution in [3.63, 3.8) is 0 Å². The van der Waals surface area contributed by atoms with Crippen LogP contribution >= 0.6 is 0 Å². The maximum absolute atomic E-state index is 12.2. The number of nitrogens with one attached hydrogen (secondary N) is 2. The molecular weight excluding hydrogens is 304 g/mol. The van der Waals surface area contributed by atoms with Crippen LogP contribution in [0.4, 0.5) is 0 Å². The van der Waals surface area contributed by atoms with E-state index in [1.165, 1.54) is 16.6 Å². The number of aromatic amines is 1. The van der Waals surface area contributed by atoms with E-state index in [2.05, 4.69) is 46.4 Å². The number of hydrogen-bond donors (Lipinski definition) is 2. The number of fused-ring (bicyclic) bond motifs is 1. The topological polar surface area (TPSA) is 99.4 Å². The van der Waals surface area contributed by atoms with Crippen molar-refractivity contribution in [3.05, 3.63) is 47.7 Å². The molecule has 0 saturated carbocycles. The third-order valence-electron chi connectivity index (χ3n) is 3.82. The molecule has 1 amide bonds. The average Bonchev–Trinajstić information content (AvgIpc) is 3.20. The van der Waals surface area contributed by atoms with E-state index in [4.69, 9.17) is 5.26 Å². The van der Waals surface area contributed by atoms with Gasteiger partial charge in [-0.1, -0.05) is 26.0 Å². The summed E-state index contributed by atoms with van der Waals surface area (Å²) in [5, 5.41) is 16.5. The van der Waals surface area contributed by atoms with E-state index in [9.17, 15) is 4.79 Å². The molecule has 24 heavy (non-hydrogen) atoms. The average molecular weight is 322 g/mol. The first-order valence-corrected chi connectivity index (χ1v) is 7.77. The van der Waals surface area contributed by atoms with Gasteiger partial charge < -0.3 is 10.3 Å². The van der Waals surface area contributed by atoms with E-state index in [0.29, 0.717) is 24.7 Å². The van der Waals surface area contributed by atoms with Crippen LogP contribution in [-0.4, -0.2) is 32.2 Å². The number of carbonyl (C=O) groups excluding carboxylic acids is 1. The fourth-order valence-corrected chi connectivity index (χ4v) is 2.46. The molecule has 2 N–H and O–H groups in total. The first-order chi connectivity index (χ1) is 11.6. The number of rotatable bonds is 5. The lowest BCUT2D eigenvalue weighted by atomic mass is 10.0. The molecule has 0 saturated heterocycles. The highest BCUT2D eigenvalue weighted by Gasteiger charge is 2.10. The van der Waals surface area contributed by atoms with Gasteiger partial charge in [0.25, 0.3) is 11.7 Å². The third kappa shape index (κ3) is 3.27. The summed E-state index contributed by atoms with van der Waals surface area (Å²) in [5.41, 5.74) is 2.72. The summed E-state index contributed by atoms with van der Waals surface area (Å²) in [6, 6.07) is 9.90. The Labute approximate surface area is 139 Å². The Kier molecular flexibility index (Phi) is 4.29. The molecule has 0 aliphatic carbocycles. The number of carbonyl (C=O) groups is 1. The molecule has 0 unspecified atom stereocenters. The molecule has 0 spiro atoms. The highest BCUT2D eigenvalue weighted by Crippen LogP contribution is 2.21. The second-order valence-corrected chi connectivity index (χ2v) is 5.88. The minimum Gasteiger partial charge on any atom is -0.351 e. The van der Waals surface area contributed by atoms with Gasteiger partial charge in [-0.3, -0.25) is 4.79 Å². The van der Waals surface area contributed by atoms with Crippen molar-refractivity contribution in [3.8, 4) is 6.07 Å². The van der Waals surface area contributed by atoms with Crippen LogP contribution in [0.1, 0.15) is 41.6 Å². The molecule has 0 aliphatic heterocycles. The predicted molar refractivity (Wildman–Crippen MR) is 89.5 cm³/mol. The normalized spacial score (nSPS) is 10.9. The Bertz CT molecular complexity index is 915. The minimum atomic E-state index is -0.169. The molecule has 2 heterocycles. The van der Waals surface area contributed by atoms with Gasteiger partial charge in [-0.2, -0.15) is 5.26 Å². The summed E-state index contributed by atoms with van der Waals surface area (Å²) in [4.78, 5) is 19.2. The fourth-order valence-electron chi connectivity index (χ4n) is 2.46. The lowest BCUT2D eigenvalue weighted by Crippen LogP contribution is -2.27. The quantitative estimate of drug-likeness (QED) is 0.752. The zero-order valence-electron chi connectivity index (χ0n) is 13.6. The van der Waals surface area contributed by atoms with Crippen molar-refractivity contribution in [2.75, 3.05) is 6.54 Å². The van der Waals surface area contributed by atoms with Gasteiger partial charge in [-0.15, -0.1) is 5.10 Å². The maximum atomic E-state index is 12.2. The SMILES string of the molecule is CC(C)c1ccc2cc(C(=O)NCCn3cnc(C#N)n3)[nH]c2c1. The first kappa shape index (κ1) is 15.7. The Morgan fingerprint density at radius 2 is 2.25 bits per heavy atom.